The zero-order valence-corrected chi connectivity index (χ0v) is 19.6. The van der Waals surface area contributed by atoms with E-state index in [-0.39, 0.29) is 23.3 Å². The molecule has 2 heterocycles. The van der Waals surface area contributed by atoms with Crippen LogP contribution in [0.3, 0.4) is 0 Å². The highest BCUT2D eigenvalue weighted by molar-refractivity contribution is 5.95. The largest absolute Gasteiger partial charge is 0.489 e. The van der Waals surface area contributed by atoms with Crippen LogP contribution in [0.2, 0.25) is 0 Å². The second kappa shape index (κ2) is 10.6. The van der Waals surface area contributed by atoms with Gasteiger partial charge in [-0.15, -0.1) is 0 Å². The van der Waals surface area contributed by atoms with Crippen molar-refractivity contribution in [2.24, 2.45) is 14.1 Å². The highest BCUT2D eigenvalue weighted by atomic mass is 16.5. The molecule has 2 amide bonds. The summed E-state index contributed by atoms with van der Waals surface area (Å²) in [5, 5.41) is 0.185. The predicted molar refractivity (Wildman–Crippen MR) is 131 cm³/mol. The van der Waals surface area contributed by atoms with Gasteiger partial charge in [-0.3, -0.25) is 34.4 Å². The van der Waals surface area contributed by atoms with E-state index in [1.165, 1.54) is 26.2 Å². The molecular weight excluding hydrogens is 466 g/mol. The lowest BCUT2D eigenvalue weighted by molar-refractivity contribution is -0.123. The number of carbonyl (C=O) groups is 2. The van der Waals surface area contributed by atoms with Crippen molar-refractivity contribution in [2.75, 3.05) is 6.61 Å². The summed E-state index contributed by atoms with van der Waals surface area (Å²) in [6.07, 6.45) is 0. The van der Waals surface area contributed by atoms with Crippen molar-refractivity contribution in [3.63, 3.8) is 0 Å². The number of nitrogens with zero attached hydrogens (tertiary/aromatic N) is 3. The van der Waals surface area contributed by atoms with Crippen LogP contribution in [0.15, 0.2) is 76.3 Å². The minimum Gasteiger partial charge on any atom is -0.489 e. The van der Waals surface area contributed by atoms with Gasteiger partial charge in [0.1, 0.15) is 29.4 Å². The lowest BCUT2D eigenvalue weighted by Crippen LogP contribution is -2.44. The average Bonchev–Trinajstić information content (AvgIpc) is 2.92. The van der Waals surface area contributed by atoms with Crippen LogP contribution in [0.4, 0.5) is 0 Å². The molecule has 0 bridgehead atoms. The Bertz CT molecular complexity index is 1530. The number of hydrazine groups is 1. The smallest absolute Gasteiger partial charge is 0.332 e. The molecule has 0 aliphatic carbocycles. The molecule has 36 heavy (non-hydrogen) atoms. The molecule has 0 saturated heterocycles. The van der Waals surface area contributed by atoms with Crippen LogP contribution < -0.4 is 31.6 Å². The molecule has 0 saturated carbocycles. The molecule has 184 valence electrons. The standard InChI is InChI=1S/C25H23N5O6/c1-29-22-19(24(33)30(2)25(29)34)12-13-20(26-22)23(32)28-27-21(31)15-36-18-10-8-17(9-11-18)35-14-16-6-4-3-5-7-16/h3-13H,14-15H2,1-2H3,(H,27,31)(H,28,32). The second-order valence-electron chi connectivity index (χ2n) is 7.81. The summed E-state index contributed by atoms with van der Waals surface area (Å²) >= 11 is 0. The van der Waals surface area contributed by atoms with Gasteiger partial charge in [0.2, 0.25) is 0 Å². The van der Waals surface area contributed by atoms with Gasteiger partial charge >= 0.3 is 5.69 Å². The van der Waals surface area contributed by atoms with Crippen LogP contribution in [0.5, 0.6) is 11.5 Å². The van der Waals surface area contributed by atoms with Gasteiger partial charge in [-0.2, -0.15) is 0 Å². The third-order valence-corrected chi connectivity index (χ3v) is 5.29. The Kier molecular flexibility index (Phi) is 7.10. The monoisotopic (exact) mass is 489 g/mol. The van der Waals surface area contributed by atoms with E-state index < -0.39 is 23.1 Å². The fourth-order valence-electron chi connectivity index (χ4n) is 3.33. The van der Waals surface area contributed by atoms with Crippen molar-refractivity contribution in [3.05, 3.63) is 98.8 Å². The highest BCUT2D eigenvalue weighted by Gasteiger charge is 2.14. The Morgan fingerprint density at radius 1 is 0.833 bits per heavy atom. The van der Waals surface area contributed by atoms with E-state index in [1.54, 1.807) is 24.3 Å². The zero-order valence-electron chi connectivity index (χ0n) is 19.6. The molecule has 2 aromatic heterocycles. The first-order valence-electron chi connectivity index (χ1n) is 10.9. The lowest BCUT2D eigenvalue weighted by atomic mass is 10.2. The molecule has 2 N–H and O–H groups in total. The first kappa shape index (κ1) is 24.2. The van der Waals surface area contributed by atoms with Gasteiger partial charge in [-0.25, -0.2) is 9.78 Å². The molecule has 11 heteroatoms. The Morgan fingerprint density at radius 3 is 2.19 bits per heavy atom. The SMILES string of the molecule is Cn1c(=O)c2ccc(C(=O)NNC(=O)COc3ccc(OCc4ccccc4)cc3)nc2n(C)c1=O. The van der Waals surface area contributed by atoms with Crippen LogP contribution in [0.25, 0.3) is 11.0 Å². The van der Waals surface area contributed by atoms with Crippen LogP contribution in [-0.2, 0) is 25.5 Å². The van der Waals surface area contributed by atoms with E-state index in [1.807, 2.05) is 30.3 Å². The van der Waals surface area contributed by atoms with Crippen LogP contribution in [0.1, 0.15) is 16.1 Å². The molecule has 0 atom stereocenters. The summed E-state index contributed by atoms with van der Waals surface area (Å²) in [7, 11) is 2.80. The van der Waals surface area contributed by atoms with E-state index in [2.05, 4.69) is 15.8 Å². The van der Waals surface area contributed by atoms with E-state index in [4.69, 9.17) is 9.47 Å². The van der Waals surface area contributed by atoms with Gasteiger partial charge in [-0.1, -0.05) is 30.3 Å². The fourth-order valence-corrected chi connectivity index (χ4v) is 3.33. The van der Waals surface area contributed by atoms with Gasteiger partial charge < -0.3 is 9.47 Å². The number of ether oxygens (including phenoxy) is 2. The summed E-state index contributed by atoms with van der Waals surface area (Å²) < 4.78 is 13.3. The number of benzene rings is 2. The number of aromatic nitrogens is 3. The van der Waals surface area contributed by atoms with E-state index >= 15 is 0 Å². The summed E-state index contributed by atoms with van der Waals surface area (Å²) in [5.41, 5.74) is 4.39. The second-order valence-corrected chi connectivity index (χ2v) is 7.81. The number of pyridine rings is 1. The van der Waals surface area contributed by atoms with Crippen molar-refractivity contribution < 1.29 is 19.1 Å². The molecule has 2 aromatic carbocycles. The third kappa shape index (κ3) is 5.41. The van der Waals surface area contributed by atoms with Crippen molar-refractivity contribution in [1.29, 1.82) is 0 Å². The van der Waals surface area contributed by atoms with Crippen molar-refractivity contribution in [2.45, 2.75) is 6.61 Å². The fraction of sp³-hybridized carbons (Fsp3) is 0.160. The van der Waals surface area contributed by atoms with E-state index in [0.717, 1.165) is 14.7 Å². The first-order chi connectivity index (χ1) is 17.3. The zero-order chi connectivity index (χ0) is 25.7. The average molecular weight is 489 g/mol. The first-order valence-corrected chi connectivity index (χ1v) is 10.9. The Morgan fingerprint density at radius 2 is 1.50 bits per heavy atom. The Balaban J connectivity index is 1.28. The quantitative estimate of drug-likeness (QED) is 0.371. The van der Waals surface area contributed by atoms with Crippen molar-refractivity contribution >= 4 is 22.8 Å². The van der Waals surface area contributed by atoms with Gasteiger partial charge in [0.25, 0.3) is 17.4 Å². The molecular formula is C25H23N5O6. The van der Waals surface area contributed by atoms with E-state index in [9.17, 15) is 19.2 Å². The molecule has 11 nitrogen and oxygen atoms in total. The molecule has 4 rings (SSSR count). The molecule has 0 unspecified atom stereocenters. The van der Waals surface area contributed by atoms with Crippen molar-refractivity contribution in [1.82, 2.24) is 25.0 Å². The third-order valence-electron chi connectivity index (χ3n) is 5.29. The number of aryl methyl sites for hydroxylation is 1. The maximum absolute atomic E-state index is 12.4. The number of hydrogen-bond acceptors (Lipinski definition) is 7. The number of hydrogen-bond donors (Lipinski definition) is 2. The number of nitrogens with one attached hydrogen (secondary N) is 2. The van der Waals surface area contributed by atoms with Crippen LogP contribution in [-0.4, -0.2) is 32.5 Å². The molecule has 0 radical (unpaired) electrons. The van der Waals surface area contributed by atoms with Gasteiger partial charge in [0.15, 0.2) is 6.61 Å². The molecule has 0 spiro atoms. The minimum absolute atomic E-state index is 0.0570. The molecule has 0 aliphatic heterocycles. The number of carbonyl (C=O) groups excluding carboxylic acids is 2. The van der Waals surface area contributed by atoms with Gasteiger partial charge in [0, 0.05) is 14.1 Å². The maximum atomic E-state index is 12.4. The maximum Gasteiger partial charge on any atom is 0.332 e. The summed E-state index contributed by atoms with van der Waals surface area (Å²) in [6.45, 7) is 0.0857. The van der Waals surface area contributed by atoms with Crippen molar-refractivity contribution in [3.8, 4) is 11.5 Å². The highest BCUT2D eigenvalue weighted by Crippen LogP contribution is 2.18. The van der Waals surface area contributed by atoms with Gasteiger partial charge in [0.05, 0.1) is 5.39 Å². The molecule has 0 fully saturated rings. The number of rotatable bonds is 7. The Labute approximate surface area is 204 Å². The summed E-state index contributed by atoms with van der Waals surface area (Å²) in [4.78, 5) is 52.9. The summed E-state index contributed by atoms with van der Waals surface area (Å²) in [5.74, 6) is -0.225. The number of fused-ring (bicyclic) bond motifs is 1. The van der Waals surface area contributed by atoms with Crippen LogP contribution >= 0.6 is 0 Å². The lowest BCUT2D eigenvalue weighted by Gasteiger charge is -2.11. The predicted octanol–water partition coefficient (Wildman–Crippen LogP) is 1.05. The summed E-state index contributed by atoms with van der Waals surface area (Å²) in [6, 6.07) is 19.3. The normalized spacial score (nSPS) is 10.6. The number of amides is 2. The topological polar surface area (TPSA) is 134 Å². The van der Waals surface area contributed by atoms with Gasteiger partial charge in [-0.05, 0) is 42.0 Å². The molecule has 0 aliphatic rings. The molecule has 4 aromatic rings. The van der Waals surface area contributed by atoms with E-state index in [0.29, 0.717) is 18.1 Å². The van der Waals surface area contributed by atoms with Crippen LogP contribution in [0, 0.1) is 0 Å². The Hall–Kier alpha value is -4.93. The minimum atomic E-state index is -0.724.